The number of carbonyl (C=O) groups is 2. The van der Waals surface area contributed by atoms with Crippen LogP contribution in [0.4, 0.5) is 4.39 Å². The summed E-state index contributed by atoms with van der Waals surface area (Å²) in [5, 5.41) is 9.95. The maximum absolute atomic E-state index is 13.6. The number of hydrogen-bond donors (Lipinski definition) is 1. The molecule has 1 fully saturated rings. The summed E-state index contributed by atoms with van der Waals surface area (Å²) in [6, 6.07) is 17.6. The Balaban J connectivity index is 1.53. The minimum absolute atomic E-state index is 0.00968. The van der Waals surface area contributed by atoms with Gasteiger partial charge < -0.3 is 19.5 Å². The number of halogens is 1. The minimum Gasteiger partial charge on any atom is -0.484 e. The molecule has 0 unspecified atom stereocenters. The highest BCUT2D eigenvalue weighted by molar-refractivity contribution is 5.99. The maximum Gasteiger partial charge on any atom is 0.361 e. The molecule has 2 aromatic carbocycles. The largest absolute Gasteiger partial charge is 0.484 e. The summed E-state index contributed by atoms with van der Waals surface area (Å²) in [5.41, 5.74) is 3.17. The third-order valence-corrected chi connectivity index (χ3v) is 7.04. The van der Waals surface area contributed by atoms with E-state index < -0.39 is 12.6 Å². The van der Waals surface area contributed by atoms with E-state index in [4.69, 9.17) is 9.47 Å². The van der Waals surface area contributed by atoms with Crippen LogP contribution in [-0.2, 0) is 22.6 Å². The Kier molecular flexibility index (Phi) is 9.05. The number of rotatable bonds is 7. The van der Waals surface area contributed by atoms with Crippen LogP contribution in [-0.4, -0.2) is 57.7 Å². The number of carbonyl (C=O) groups excluding carboxylic acids is 2. The van der Waals surface area contributed by atoms with E-state index in [2.05, 4.69) is 21.8 Å². The van der Waals surface area contributed by atoms with Gasteiger partial charge in [0.2, 0.25) is 5.91 Å². The molecule has 0 bridgehead atoms. The molecule has 42 heavy (non-hydrogen) atoms. The number of nitrogens with zero attached hydrogens (tertiary/aromatic N) is 3. The zero-order valence-corrected chi connectivity index (χ0v) is 23.2. The van der Waals surface area contributed by atoms with Crippen LogP contribution >= 0.6 is 0 Å². The molecule has 4 aromatic rings. The molecule has 1 aliphatic heterocycles. The highest BCUT2D eigenvalue weighted by Crippen LogP contribution is 2.32. The molecule has 1 N–H and O–H groups in total. The van der Waals surface area contributed by atoms with Gasteiger partial charge >= 0.3 is 5.97 Å². The molecule has 0 aliphatic carbocycles. The third-order valence-electron chi connectivity index (χ3n) is 7.04. The predicted molar refractivity (Wildman–Crippen MR) is 154 cm³/mol. The second-order valence-electron chi connectivity index (χ2n) is 10.0. The Bertz CT molecular complexity index is 1640. The number of hydrogen-bond acceptors (Lipinski definition) is 7. The lowest BCUT2D eigenvalue weighted by atomic mass is 10.0. The average molecular weight is 568 g/mol. The third kappa shape index (κ3) is 6.90. The van der Waals surface area contributed by atoms with Crippen LogP contribution < -0.4 is 4.74 Å². The van der Waals surface area contributed by atoms with Crippen molar-refractivity contribution in [2.75, 3.05) is 19.7 Å². The van der Waals surface area contributed by atoms with Crippen molar-refractivity contribution in [2.45, 2.75) is 38.9 Å². The Labute approximate surface area is 243 Å². The molecule has 0 spiro atoms. The fourth-order valence-electron chi connectivity index (χ4n) is 4.86. The summed E-state index contributed by atoms with van der Waals surface area (Å²) in [7, 11) is 0. The summed E-state index contributed by atoms with van der Waals surface area (Å²) >= 11 is 0. The molecule has 0 radical (unpaired) electrons. The van der Waals surface area contributed by atoms with Crippen molar-refractivity contribution >= 4 is 22.8 Å². The molecule has 9 heteroatoms. The second-order valence-corrected chi connectivity index (χ2v) is 10.0. The van der Waals surface area contributed by atoms with Gasteiger partial charge in [0.1, 0.15) is 36.3 Å². The van der Waals surface area contributed by atoms with E-state index >= 15 is 0 Å². The summed E-state index contributed by atoms with van der Waals surface area (Å²) < 4.78 is 25.5. The van der Waals surface area contributed by atoms with Crippen LogP contribution in [0.3, 0.4) is 0 Å². The maximum atomic E-state index is 13.6. The number of aliphatic hydroxyl groups is 1. The number of amides is 1. The molecule has 8 nitrogen and oxygen atoms in total. The Morgan fingerprint density at radius 1 is 1.05 bits per heavy atom. The van der Waals surface area contributed by atoms with Crippen LogP contribution in [0.2, 0.25) is 0 Å². The van der Waals surface area contributed by atoms with Gasteiger partial charge in [-0.1, -0.05) is 48.4 Å². The number of piperidine rings is 1. The van der Waals surface area contributed by atoms with E-state index in [0.717, 1.165) is 16.7 Å². The number of benzene rings is 2. The first-order valence-electron chi connectivity index (χ1n) is 13.7. The van der Waals surface area contributed by atoms with Crippen LogP contribution in [0, 0.1) is 17.7 Å². The SMILES string of the molecule is CC(=O)N1CCC(OC(=O)c2nc(C#CCO)c3cc(Cc4ccc(F)cc4)cnc3c2OCc2ccccc2)CC1. The second kappa shape index (κ2) is 13.2. The first-order valence-corrected chi connectivity index (χ1v) is 13.7. The number of pyridine rings is 2. The van der Waals surface area contributed by atoms with E-state index in [0.29, 0.717) is 43.3 Å². The van der Waals surface area contributed by atoms with Crippen molar-refractivity contribution in [1.82, 2.24) is 14.9 Å². The van der Waals surface area contributed by atoms with Crippen LogP contribution in [0.15, 0.2) is 66.9 Å². The standard InChI is InChI=1S/C33H30FN3O5/c1-22(39)37-15-13-27(14-16-37)42-33(40)31-32(41-21-24-6-3-2-4-7-24)30-28(29(36-31)8-5-17-38)19-25(20-35-30)18-23-9-11-26(34)12-10-23/h2-4,6-7,9-12,19-20,27,38H,13-18,21H2,1H3. The summed E-state index contributed by atoms with van der Waals surface area (Å²) in [5.74, 6) is 4.63. The van der Waals surface area contributed by atoms with Crippen molar-refractivity contribution in [3.63, 3.8) is 0 Å². The summed E-state index contributed by atoms with van der Waals surface area (Å²) in [4.78, 5) is 36.3. The molecular weight excluding hydrogens is 537 g/mol. The molecule has 3 heterocycles. The van der Waals surface area contributed by atoms with E-state index in [-0.39, 0.29) is 41.6 Å². The van der Waals surface area contributed by atoms with Gasteiger partial charge in [-0.15, -0.1) is 0 Å². The quantitative estimate of drug-likeness (QED) is 0.260. The summed E-state index contributed by atoms with van der Waals surface area (Å²) in [6.45, 7) is 2.29. The monoisotopic (exact) mass is 567 g/mol. The van der Waals surface area contributed by atoms with Gasteiger partial charge in [0, 0.05) is 44.4 Å². The molecule has 0 saturated carbocycles. The molecular formula is C33H30FN3O5. The van der Waals surface area contributed by atoms with Gasteiger partial charge in [-0.05, 0) is 47.2 Å². The first-order chi connectivity index (χ1) is 20.4. The van der Waals surface area contributed by atoms with E-state index in [9.17, 15) is 19.1 Å². The molecule has 2 aromatic heterocycles. The van der Waals surface area contributed by atoms with Crippen LogP contribution in [0.25, 0.3) is 10.9 Å². The fraction of sp³-hybridized carbons (Fsp3) is 0.273. The highest BCUT2D eigenvalue weighted by Gasteiger charge is 2.28. The van der Waals surface area contributed by atoms with Crippen molar-refractivity contribution in [2.24, 2.45) is 0 Å². The van der Waals surface area contributed by atoms with Gasteiger partial charge in [-0.3, -0.25) is 9.78 Å². The van der Waals surface area contributed by atoms with E-state index in [1.54, 1.807) is 23.2 Å². The van der Waals surface area contributed by atoms with E-state index in [1.807, 2.05) is 36.4 Å². The zero-order valence-electron chi connectivity index (χ0n) is 23.2. The topological polar surface area (TPSA) is 102 Å². The molecule has 214 valence electrons. The van der Waals surface area contributed by atoms with Crippen LogP contribution in [0.1, 0.15) is 52.6 Å². The van der Waals surface area contributed by atoms with Crippen molar-refractivity contribution in [1.29, 1.82) is 0 Å². The van der Waals surface area contributed by atoms with Gasteiger partial charge in [-0.25, -0.2) is 14.2 Å². The molecule has 5 rings (SSSR count). The smallest absolute Gasteiger partial charge is 0.361 e. The normalized spacial score (nSPS) is 13.4. The van der Waals surface area contributed by atoms with Crippen molar-refractivity contribution in [3.05, 3.63) is 101 Å². The molecule has 0 atom stereocenters. The average Bonchev–Trinajstić information content (AvgIpc) is 3.00. The fourth-order valence-corrected chi connectivity index (χ4v) is 4.86. The Morgan fingerprint density at radius 3 is 2.48 bits per heavy atom. The van der Waals surface area contributed by atoms with Gasteiger partial charge in [0.25, 0.3) is 0 Å². The number of fused-ring (bicyclic) bond motifs is 1. The first kappa shape index (κ1) is 28.7. The van der Waals surface area contributed by atoms with Crippen molar-refractivity contribution < 1.29 is 28.6 Å². The number of likely N-dealkylation sites (tertiary alicyclic amines) is 1. The van der Waals surface area contributed by atoms with Gasteiger partial charge in [0.15, 0.2) is 11.4 Å². The Morgan fingerprint density at radius 2 is 1.79 bits per heavy atom. The number of ether oxygens (including phenoxy) is 2. The molecule has 1 aliphatic rings. The lowest BCUT2D eigenvalue weighted by Gasteiger charge is -2.30. The molecule has 1 amide bonds. The predicted octanol–water partition coefficient (Wildman–Crippen LogP) is 4.45. The minimum atomic E-state index is -0.675. The Hall–Kier alpha value is -4.81. The number of aliphatic hydroxyl groups excluding tert-OH is 1. The lowest BCUT2D eigenvalue weighted by Crippen LogP contribution is -2.40. The highest BCUT2D eigenvalue weighted by atomic mass is 19.1. The number of aromatic nitrogens is 2. The molecule has 1 saturated heterocycles. The van der Waals surface area contributed by atoms with Crippen molar-refractivity contribution in [3.8, 4) is 17.6 Å². The van der Waals surface area contributed by atoms with Gasteiger partial charge in [0.05, 0.1) is 0 Å². The number of esters is 1. The van der Waals surface area contributed by atoms with E-state index in [1.165, 1.54) is 19.1 Å². The van der Waals surface area contributed by atoms with Gasteiger partial charge in [-0.2, -0.15) is 0 Å². The summed E-state index contributed by atoms with van der Waals surface area (Å²) in [6.07, 6.45) is 2.81. The van der Waals surface area contributed by atoms with Crippen LogP contribution in [0.5, 0.6) is 5.75 Å². The lowest BCUT2D eigenvalue weighted by molar-refractivity contribution is -0.130. The zero-order chi connectivity index (χ0) is 29.5.